The van der Waals surface area contributed by atoms with Crippen molar-refractivity contribution < 1.29 is 18.3 Å². The van der Waals surface area contributed by atoms with Gasteiger partial charge in [0.2, 0.25) is 0 Å². The minimum atomic E-state index is -4.58. The minimum absolute atomic E-state index is 0.156. The van der Waals surface area contributed by atoms with Crippen molar-refractivity contribution in [3.8, 4) is 11.4 Å². The van der Waals surface area contributed by atoms with E-state index in [1.807, 2.05) is 56.3 Å². The normalized spacial score (nSPS) is 11.9. The van der Waals surface area contributed by atoms with E-state index in [1.165, 1.54) is 4.68 Å². The predicted octanol–water partition coefficient (Wildman–Crippen LogP) is 7.28. The van der Waals surface area contributed by atoms with Crippen molar-refractivity contribution in [3.63, 3.8) is 0 Å². The summed E-state index contributed by atoms with van der Waals surface area (Å²) in [5.41, 5.74) is 1.53. The van der Waals surface area contributed by atoms with Gasteiger partial charge in [-0.25, -0.2) is 4.68 Å². The molecular formula is C25H22Cl2F3N3O. The van der Waals surface area contributed by atoms with Gasteiger partial charge in [0.05, 0.1) is 21.3 Å². The first-order valence-electron chi connectivity index (χ1n) is 10.6. The van der Waals surface area contributed by atoms with Gasteiger partial charge in [-0.15, -0.1) is 0 Å². The number of aryl methyl sites for hydroxylation is 1. The second-order valence-corrected chi connectivity index (χ2v) is 8.97. The largest absolute Gasteiger partial charge is 0.508 e. The molecule has 0 saturated carbocycles. The lowest BCUT2D eigenvalue weighted by Crippen LogP contribution is -2.17. The molecule has 0 fully saturated rings. The lowest BCUT2D eigenvalue weighted by atomic mass is 9.96. The van der Waals surface area contributed by atoms with Gasteiger partial charge in [0.25, 0.3) is 0 Å². The number of aromatic hydroxyl groups is 1. The Morgan fingerprint density at radius 2 is 1.65 bits per heavy atom. The minimum Gasteiger partial charge on any atom is -0.508 e. The van der Waals surface area contributed by atoms with E-state index in [-0.39, 0.29) is 21.5 Å². The summed E-state index contributed by atoms with van der Waals surface area (Å²) < 4.78 is 41.2. The molecule has 34 heavy (non-hydrogen) atoms. The van der Waals surface area contributed by atoms with Gasteiger partial charge >= 0.3 is 6.18 Å². The zero-order valence-corrected chi connectivity index (χ0v) is 20.2. The van der Waals surface area contributed by atoms with Gasteiger partial charge in [-0.2, -0.15) is 18.3 Å². The Labute approximate surface area is 205 Å². The molecule has 0 bridgehead atoms. The second kappa shape index (κ2) is 9.04. The van der Waals surface area contributed by atoms with Crippen molar-refractivity contribution in [1.82, 2.24) is 9.78 Å². The highest BCUT2D eigenvalue weighted by atomic mass is 35.5. The maximum atomic E-state index is 13.2. The molecule has 4 nitrogen and oxygen atoms in total. The van der Waals surface area contributed by atoms with E-state index in [4.69, 9.17) is 23.2 Å². The fourth-order valence-electron chi connectivity index (χ4n) is 4.18. The molecule has 178 valence electrons. The molecule has 0 atom stereocenters. The average molecular weight is 508 g/mol. The standard InChI is InChI=1S/C25H22Cl2F3N3O/c1-4-21-18(13-17-16-8-6-5-7-14(16)9-10-22(17)34)24(32(2)3)33(31-21)23-19(26)11-15(12-20(23)27)25(28,29)30/h5-12,34H,4,13H2,1-3H3. The quantitative estimate of drug-likeness (QED) is 0.308. The van der Waals surface area contributed by atoms with E-state index < -0.39 is 11.7 Å². The molecule has 4 rings (SSSR count). The molecule has 1 N–H and O–H groups in total. The number of hydrogen-bond acceptors (Lipinski definition) is 3. The monoisotopic (exact) mass is 507 g/mol. The highest BCUT2D eigenvalue weighted by molar-refractivity contribution is 6.38. The molecule has 1 aromatic heterocycles. The van der Waals surface area contributed by atoms with Crippen LogP contribution in [0.4, 0.5) is 19.0 Å². The van der Waals surface area contributed by atoms with Gasteiger partial charge in [0, 0.05) is 31.6 Å². The molecule has 1 heterocycles. The van der Waals surface area contributed by atoms with Crippen molar-refractivity contribution in [3.05, 3.63) is 81.0 Å². The number of nitrogens with zero attached hydrogens (tertiary/aromatic N) is 3. The first kappa shape index (κ1) is 24.2. The summed E-state index contributed by atoms with van der Waals surface area (Å²) in [4.78, 5) is 1.81. The van der Waals surface area contributed by atoms with Gasteiger partial charge in [-0.05, 0) is 35.4 Å². The number of aromatic nitrogens is 2. The summed E-state index contributed by atoms with van der Waals surface area (Å²) in [6, 6.07) is 13.0. The Morgan fingerprint density at radius 1 is 1.00 bits per heavy atom. The number of fused-ring (bicyclic) bond motifs is 1. The molecule has 0 spiro atoms. The van der Waals surface area contributed by atoms with Crippen molar-refractivity contribution in [1.29, 1.82) is 0 Å². The van der Waals surface area contributed by atoms with Crippen molar-refractivity contribution in [2.75, 3.05) is 19.0 Å². The molecule has 0 aliphatic heterocycles. The molecular weight excluding hydrogens is 486 g/mol. The van der Waals surface area contributed by atoms with Crippen molar-refractivity contribution >= 4 is 39.8 Å². The van der Waals surface area contributed by atoms with Crippen LogP contribution in [0.25, 0.3) is 16.5 Å². The Kier molecular flexibility index (Phi) is 6.44. The van der Waals surface area contributed by atoms with E-state index >= 15 is 0 Å². The van der Waals surface area contributed by atoms with E-state index in [9.17, 15) is 18.3 Å². The van der Waals surface area contributed by atoms with Gasteiger partial charge in [-0.3, -0.25) is 0 Å². The number of halogens is 5. The van der Waals surface area contributed by atoms with Crippen molar-refractivity contribution in [2.45, 2.75) is 25.9 Å². The van der Waals surface area contributed by atoms with Crippen LogP contribution < -0.4 is 4.90 Å². The summed E-state index contributed by atoms with van der Waals surface area (Å²) in [5.74, 6) is 0.775. The van der Waals surface area contributed by atoms with Crippen LogP contribution in [0.3, 0.4) is 0 Å². The SMILES string of the molecule is CCc1nn(-c2c(Cl)cc(C(F)(F)F)cc2Cl)c(N(C)C)c1Cc1c(O)ccc2ccccc12. The summed E-state index contributed by atoms with van der Waals surface area (Å²) in [5, 5.41) is 17.0. The highest BCUT2D eigenvalue weighted by Gasteiger charge is 2.33. The van der Waals surface area contributed by atoms with Crippen LogP contribution in [-0.2, 0) is 19.0 Å². The van der Waals surface area contributed by atoms with Crippen LogP contribution in [0.2, 0.25) is 10.0 Å². The first-order chi connectivity index (χ1) is 16.0. The van der Waals surface area contributed by atoms with Crippen LogP contribution in [0.1, 0.15) is 29.3 Å². The van der Waals surface area contributed by atoms with Crippen molar-refractivity contribution in [2.24, 2.45) is 0 Å². The third kappa shape index (κ3) is 4.30. The van der Waals surface area contributed by atoms with E-state index in [2.05, 4.69) is 5.10 Å². The molecule has 4 aromatic rings. The van der Waals surface area contributed by atoms with E-state index in [0.29, 0.717) is 18.7 Å². The fourth-order valence-corrected chi connectivity index (χ4v) is 4.83. The Balaban J connectivity index is 1.94. The number of anilines is 1. The number of phenolic OH excluding ortho intramolecular Hbond substituents is 1. The molecule has 0 radical (unpaired) electrons. The molecule has 0 saturated heterocycles. The maximum Gasteiger partial charge on any atom is 0.416 e. The zero-order valence-electron chi connectivity index (χ0n) is 18.7. The summed E-state index contributed by atoms with van der Waals surface area (Å²) in [6.45, 7) is 1.94. The molecule has 0 unspecified atom stereocenters. The first-order valence-corrected chi connectivity index (χ1v) is 11.3. The molecule has 0 amide bonds. The van der Waals surface area contributed by atoms with E-state index in [1.54, 1.807) is 6.07 Å². The Bertz CT molecular complexity index is 1360. The number of phenols is 1. The smallest absolute Gasteiger partial charge is 0.416 e. The maximum absolute atomic E-state index is 13.2. The lowest BCUT2D eigenvalue weighted by molar-refractivity contribution is -0.137. The van der Waals surface area contributed by atoms with Gasteiger partial charge < -0.3 is 10.0 Å². The Morgan fingerprint density at radius 3 is 2.24 bits per heavy atom. The summed E-state index contributed by atoms with van der Waals surface area (Å²) >= 11 is 12.6. The average Bonchev–Trinajstić information content (AvgIpc) is 3.12. The molecule has 9 heteroatoms. The lowest BCUT2D eigenvalue weighted by Gasteiger charge is -2.20. The predicted molar refractivity (Wildman–Crippen MR) is 131 cm³/mol. The fraction of sp³-hybridized carbons (Fsp3) is 0.240. The highest BCUT2D eigenvalue weighted by Crippen LogP contribution is 2.41. The topological polar surface area (TPSA) is 41.3 Å². The van der Waals surface area contributed by atoms with Crippen LogP contribution in [0, 0.1) is 0 Å². The molecule has 0 aliphatic carbocycles. The van der Waals surface area contributed by atoms with Crippen LogP contribution >= 0.6 is 23.2 Å². The van der Waals surface area contributed by atoms with Crippen LogP contribution in [-0.4, -0.2) is 29.0 Å². The number of alkyl halides is 3. The van der Waals surface area contributed by atoms with Crippen LogP contribution in [0.5, 0.6) is 5.75 Å². The van der Waals surface area contributed by atoms with Gasteiger partial charge in [-0.1, -0.05) is 60.5 Å². The third-order valence-electron chi connectivity index (χ3n) is 5.72. The summed E-state index contributed by atoms with van der Waals surface area (Å²) in [6.07, 6.45) is -3.66. The number of benzene rings is 3. The second-order valence-electron chi connectivity index (χ2n) is 8.16. The van der Waals surface area contributed by atoms with Gasteiger partial charge in [0.1, 0.15) is 17.3 Å². The van der Waals surface area contributed by atoms with E-state index in [0.717, 1.165) is 39.7 Å². The third-order valence-corrected chi connectivity index (χ3v) is 6.30. The molecule has 0 aliphatic rings. The number of hydrogen-bond donors (Lipinski definition) is 1. The number of rotatable bonds is 5. The van der Waals surface area contributed by atoms with Gasteiger partial charge in [0.15, 0.2) is 0 Å². The Hall–Kier alpha value is -2.90. The zero-order chi connectivity index (χ0) is 24.8. The van der Waals surface area contributed by atoms with Crippen LogP contribution in [0.15, 0.2) is 48.5 Å². The summed E-state index contributed by atoms with van der Waals surface area (Å²) in [7, 11) is 3.62. The molecule has 3 aromatic carbocycles.